The van der Waals surface area contributed by atoms with Gasteiger partial charge in [0.25, 0.3) is 0 Å². The number of nitrogens with zero attached hydrogens (tertiary/aromatic N) is 2. The standard InChI is InChI=1S/C19H32N4O3/c1-14(2)22-19(20-3)21-13-16(23-8-10-26-11-9-23)15-6-7-17(24-4)18(12-15)25-5/h6-7,12,14,16H,8-11,13H2,1-5H3,(H2,20,21,22). The summed E-state index contributed by atoms with van der Waals surface area (Å²) in [5.41, 5.74) is 1.18. The van der Waals surface area contributed by atoms with Gasteiger partial charge in [-0.1, -0.05) is 6.07 Å². The van der Waals surface area contributed by atoms with Crippen LogP contribution >= 0.6 is 0 Å². The Labute approximate surface area is 156 Å². The molecule has 1 aromatic rings. The van der Waals surface area contributed by atoms with Gasteiger partial charge in [-0.05, 0) is 31.5 Å². The molecule has 0 aromatic heterocycles. The number of hydrogen-bond donors (Lipinski definition) is 2. The average molecular weight is 364 g/mol. The highest BCUT2D eigenvalue weighted by Crippen LogP contribution is 2.32. The van der Waals surface area contributed by atoms with E-state index in [0.717, 1.165) is 50.3 Å². The van der Waals surface area contributed by atoms with E-state index in [-0.39, 0.29) is 6.04 Å². The molecule has 0 radical (unpaired) electrons. The fourth-order valence-corrected chi connectivity index (χ4v) is 3.07. The van der Waals surface area contributed by atoms with Crippen molar-refractivity contribution in [3.8, 4) is 11.5 Å². The summed E-state index contributed by atoms with van der Waals surface area (Å²) in [5, 5.41) is 6.78. The highest BCUT2D eigenvalue weighted by Gasteiger charge is 2.24. The summed E-state index contributed by atoms with van der Waals surface area (Å²) in [6.07, 6.45) is 0. The van der Waals surface area contributed by atoms with Crippen LogP contribution in [0.15, 0.2) is 23.2 Å². The second kappa shape index (κ2) is 10.2. The molecule has 1 heterocycles. The summed E-state index contributed by atoms with van der Waals surface area (Å²) >= 11 is 0. The molecule has 7 nitrogen and oxygen atoms in total. The number of morpholine rings is 1. The van der Waals surface area contributed by atoms with Crippen molar-refractivity contribution in [1.82, 2.24) is 15.5 Å². The maximum Gasteiger partial charge on any atom is 0.191 e. The van der Waals surface area contributed by atoms with Crippen LogP contribution in [0.4, 0.5) is 0 Å². The van der Waals surface area contributed by atoms with Gasteiger partial charge in [-0.3, -0.25) is 9.89 Å². The second-order valence-electron chi connectivity index (χ2n) is 6.53. The normalized spacial score (nSPS) is 17.1. The molecule has 0 bridgehead atoms. The Morgan fingerprint density at radius 3 is 2.46 bits per heavy atom. The predicted octanol–water partition coefficient (Wildman–Crippen LogP) is 1.65. The third-order valence-electron chi connectivity index (χ3n) is 4.39. The number of methoxy groups -OCH3 is 2. The van der Waals surface area contributed by atoms with Gasteiger partial charge in [0.15, 0.2) is 17.5 Å². The zero-order valence-electron chi connectivity index (χ0n) is 16.5. The van der Waals surface area contributed by atoms with E-state index < -0.39 is 0 Å². The van der Waals surface area contributed by atoms with Gasteiger partial charge in [-0.2, -0.15) is 0 Å². The molecule has 1 aliphatic heterocycles. The maximum atomic E-state index is 5.52. The molecule has 1 unspecified atom stereocenters. The number of benzene rings is 1. The summed E-state index contributed by atoms with van der Waals surface area (Å²) in [5.74, 6) is 2.29. The first-order valence-electron chi connectivity index (χ1n) is 9.10. The molecule has 1 atom stereocenters. The Bertz CT molecular complexity index is 586. The number of guanidine groups is 1. The Balaban J connectivity index is 2.20. The van der Waals surface area contributed by atoms with Crippen LogP contribution < -0.4 is 20.1 Å². The lowest BCUT2D eigenvalue weighted by Gasteiger charge is -2.35. The molecule has 26 heavy (non-hydrogen) atoms. The van der Waals surface area contributed by atoms with Crippen LogP contribution in [0.25, 0.3) is 0 Å². The summed E-state index contributed by atoms with van der Waals surface area (Å²) in [6.45, 7) is 8.24. The van der Waals surface area contributed by atoms with Gasteiger partial charge in [-0.25, -0.2) is 0 Å². The largest absolute Gasteiger partial charge is 0.493 e. The molecule has 1 saturated heterocycles. The van der Waals surface area contributed by atoms with Crippen LogP contribution in [0.2, 0.25) is 0 Å². The third kappa shape index (κ3) is 5.51. The van der Waals surface area contributed by atoms with Crippen molar-refractivity contribution < 1.29 is 14.2 Å². The minimum atomic E-state index is 0.185. The first-order valence-corrected chi connectivity index (χ1v) is 9.10. The van der Waals surface area contributed by atoms with Gasteiger partial charge in [0.1, 0.15) is 0 Å². The molecule has 2 N–H and O–H groups in total. The number of aliphatic imine (C=N–C) groups is 1. The van der Waals surface area contributed by atoms with Crippen LogP contribution in [0.5, 0.6) is 11.5 Å². The lowest BCUT2D eigenvalue weighted by molar-refractivity contribution is 0.0169. The molecule has 0 amide bonds. The van der Waals surface area contributed by atoms with E-state index in [1.54, 1.807) is 21.3 Å². The number of ether oxygens (including phenoxy) is 3. The van der Waals surface area contributed by atoms with Crippen molar-refractivity contribution in [3.63, 3.8) is 0 Å². The van der Waals surface area contributed by atoms with Gasteiger partial charge >= 0.3 is 0 Å². The van der Waals surface area contributed by atoms with Gasteiger partial charge < -0.3 is 24.8 Å². The van der Waals surface area contributed by atoms with E-state index in [1.807, 2.05) is 6.07 Å². The smallest absolute Gasteiger partial charge is 0.191 e. The Morgan fingerprint density at radius 1 is 1.19 bits per heavy atom. The lowest BCUT2D eigenvalue weighted by atomic mass is 10.0. The quantitative estimate of drug-likeness (QED) is 0.566. The first-order chi connectivity index (χ1) is 12.6. The average Bonchev–Trinajstić information content (AvgIpc) is 2.67. The molecule has 0 saturated carbocycles. The molecule has 0 spiro atoms. The van der Waals surface area contributed by atoms with E-state index in [1.165, 1.54) is 5.56 Å². The molecule has 2 rings (SSSR count). The van der Waals surface area contributed by atoms with Crippen molar-refractivity contribution in [2.24, 2.45) is 4.99 Å². The fraction of sp³-hybridized carbons (Fsp3) is 0.632. The highest BCUT2D eigenvalue weighted by molar-refractivity contribution is 5.79. The Kier molecular flexibility index (Phi) is 8.00. The van der Waals surface area contributed by atoms with Crippen molar-refractivity contribution in [3.05, 3.63) is 23.8 Å². The molecule has 1 fully saturated rings. The zero-order valence-corrected chi connectivity index (χ0v) is 16.5. The first kappa shape index (κ1) is 20.3. The predicted molar refractivity (Wildman–Crippen MR) is 104 cm³/mol. The third-order valence-corrected chi connectivity index (χ3v) is 4.39. The summed E-state index contributed by atoms with van der Waals surface area (Å²) in [4.78, 5) is 6.74. The van der Waals surface area contributed by atoms with Crippen molar-refractivity contribution in [2.45, 2.75) is 25.9 Å². The van der Waals surface area contributed by atoms with Crippen LogP contribution in [0.1, 0.15) is 25.5 Å². The minimum Gasteiger partial charge on any atom is -0.493 e. The lowest BCUT2D eigenvalue weighted by Crippen LogP contribution is -2.47. The number of hydrogen-bond acceptors (Lipinski definition) is 5. The monoisotopic (exact) mass is 364 g/mol. The Hall–Kier alpha value is -1.99. The van der Waals surface area contributed by atoms with Crippen LogP contribution in [0, 0.1) is 0 Å². The van der Waals surface area contributed by atoms with Gasteiger partial charge in [0.2, 0.25) is 0 Å². The second-order valence-corrected chi connectivity index (χ2v) is 6.53. The molecule has 1 aliphatic rings. The van der Waals surface area contributed by atoms with Gasteiger partial charge in [0.05, 0.1) is 33.5 Å². The van der Waals surface area contributed by atoms with Crippen LogP contribution in [-0.2, 0) is 4.74 Å². The molecular weight excluding hydrogens is 332 g/mol. The van der Waals surface area contributed by atoms with E-state index in [0.29, 0.717) is 6.04 Å². The van der Waals surface area contributed by atoms with Gasteiger partial charge in [-0.15, -0.1) is 0 Å². The molecule has 0 aliphatic carbocycles. The number of nitrogens with one attached hydrogen (secondary N) is 2. The minimum absolute atomic E-state index is 0.185. The van der Waals surface area contributed by atoms with Crippen molar-refractivity contribution in [2.75, 3.05) is 54.1 Å². The number of rotatable bonds is 7. The van der Waals surface area contributed by atoms with Gasteiger partial charge in [0, 0.05) is 32.7 Å². The van der Waals surface area contributed by atoms with Crippen LogP contribution in [0.3, 0.4) is 0 Å². The Morgan fingerprint density at radius 2 is 1.88 bits per heavy atom. The summed E-state index contributed by atoms with van der Waals surface area (Å²) in [6, 6.07) is 6.62. The van der Waals surface area contributed by atoms with E-state index in [4.69, 9.17) is 14.2 Å². The maximum absolute atomic E-state index is 5.52. The van der Waals surface area contributed by atoms with Crippen molar-refractivity contribution in [1.29, 1.82) is 0 Å². The zero-order chi connectivity index (χ0) is 18.9. The SMILES string of the molecule is CN=C(NCC(c1ccc(OC)c(OC)c1)N1CCOCC1)NC(C)C. The molecule has 7 heteroatoms. The molecule has 1 aromatic carbocycles. The highest BCUT2D eigenvalue weighted by atomic mass is 16.5. The summed E-state index contributed by atoms with van der Waals surface area (Å²) in [7, 11) is 5.11. The molecular formula is C19H32N4O3. The fourth-order valence-electron chi connectivity index (χ4n) is 3.07. The van der Waals surface area contributed by atoms with E-state index in [2.05, 4.69) is 46.5 Å². The topological polar surface area (TPSA) is 67.4 Å². The van der Waals surface area contributed by atoms with Crippen LogP contribution in [-0.4, -0.2) is 71.0 Å². The van der Waals surface area contributed by atoms with E-state index in [9.17, 15) is 0 Å². The van der Waals surface area contributed by atoms with Crippen molar-refractivity contribution >= 4 is 5.96 Å². The molecule has 146 valence electrons. The summed E-state index contributed by atoms with van der Waals surface area (Å²) < 4.78 is 16.4. The van der Waals surface area contributed by atoms with E-state index >= 15 is 0 Å².